The summed E-state index contributed by atoms with van der Waals surface area (Å²) in [6.07, 6.45) is 3.75. The van der Waals surface area contributed by atoms with Crippen LogP contribution in [0.5, 0.6) is 0 Å². The highest BCUT2D eigenvalue weighted by atomic mass is 32.2. The zero-order valence-corrected chi connectivity index (χ0v) is 14.6. The lowest BCUT2D eigenvalue weighted by Crippen LogP contribution is -2.05. The van der Waals surface area contributed by atoms with E-state index in [2.05, 4.69) is 10.1 Å². The summed E-state index contributed by atoms with van der Waals surface area (Å²) in [6, 6.07) is 3.34. The van der Waals surface area contributed by atoms with Gasteiger partial charge in [-0.25, -0.2) is 21.6 Å². The third-order valence-electron chi connectivity index (χ3n) is 3.69. The van der Waals surface area contributed by atoms with Crippen LogP contribution in [0.4, 0.5) is 13.2 Å². The molecular formula is C17H13F3N2O3S. The van der Waals surface area contributed by atoms with E-state index in [0.717, 1.165) is 17.7 Å². The van der Waals surface area contributed by atoms with E-state index in [1.54, 1.807) is 19.2 Å². The molecule has 0 saturated carbocycles. The monoisotopic (exact) mass is 382 g/mol. The molecule has 26 heavy (non-hydrogen) atoms. The number of halogens is 3. The lowest BCUT2D eigenvalue weighted by molar-refractivity contribution is 0.332. The molecule has 0 saturated heterocycles. The maximum absolute atomic E-state index is 14.3. The molecule has 3 aromatic rings. The molecule has 2 heterocycles. The van der Waals surface area contributed by atoms with E-state index >= 15 is 0 Å². The van der Waals surface area contributed by atoms with Crippen LogP contribution >= 0.6 is 0 Å². The van der Waals surface area contributed by atoms with Crippen molar-refractivity contribution in [2.24, 2.45) is 0 Å². The molecule has 0 aliphatic heterocycles. The highest BCUT2D eigenvalue weighted by molar-refractivity contribution is 7.90. The molecule has 0 bridgehead atoms. The second-order valence-electron chi connectivity index (χ2n) is 5.76. The van der Waals surface area contributed by atoms with Gasteiger partial charge in [0.15, 0.2) is 22.3 Å². The molecule has 0 aliphatic carbocycles. The van der Waals surface area contributed by atoms with Crippen LogP contribution in [0.3, 0.4) is 0 Å². The normalized spacial score (nSPS) is 11.7. The van der Waals surface area contributed by atoms with E-state index in [1.165, 1.54) is 6.20 Å². The number of hydrogen-bond acceptors (Lipinski definition) is 5. The number of aromatic nitrogens is 2. The summed E-state index contributed by atoms with van der Waals surface area (Å²) < 4.78 is 69.9. The number of alkyl halides is 1. The van der Waals surface area contributed by atoms with Gasteiger partial charge in [-0.1, -0.05) is 5.16 Å². The van der Waals surface area contributed by atoms with E-state index in [-0.39, 0.29) is 22.6 Å². The fraction of sp³-hybridized carbons (Fsp3) is 0.176. The first-order valence-electron chi connectivity index (χ1n) is 7.38. The first kappa shape index (κ1) is 18.1. The number of pyridine rings is 1. The third kappa shape index (κ3) is 3.22. The highest BCUT2D eigenvalue weighted by Crippen LogP contribution is 2.37. The predicted molar refractivity (Wildman–Crippen MR) is 87.7 cm³/mol. The van der Waals surface area contributed by atoms with Gasteiger partial charge >= 0.3 is 0 Å². The lowest BCUT2D eigenvalue weighted by Gasteiger charge is -2.08. The van der Waals surface area contributed by atoms with Gasteiger partial charge in [-0.3, -0.25) is 4.98 Å². The van der Waals surface area contributed by atoms with Gasteiger partial charge in [-0.2, -0.15) is 0 Å². The second-order valence-corrected chi connectivity index (χ2v) is 7.71. The van der Waals surface area contributed by atoms with E-state index in [4.69, 9.17) is 4.52 Å². The Labute approximate surface area is 147 Å². The van der Waals surface area contributed by atoms with Crippen molar-refractivity contribution in [3.8, 4) is 22.4 Å². The molecule has 0 amide bonds. The average Bonchev–Trinajstić information content (AvgIpc) is 2.96. The third-order valence-corrected chi connectivity index (χ3v) is 4.82. The molecule has 0 fully saturated rings. The van der Waals surface area contributed by atoms with Gasteiger partial charge in [-0.15, -0.1) is 0 Å². The predicted octanol–water partition coefficient (Wildman–Crippen LogP) is 3.86. The van der Waals surface area contributed by atoms with Crippen molar-refractivity contribution >= 4 is 9.84 Å². The van der Waals surface area contributed by atoms with Crippen molar-refractivity contribution < 1.29 is 26.1 Å². The maximum Gasteiger partial charge on any atom is 0.181 e. The zero-order valence-electron chi connectivity index (χ0n) is 13.8. The van der Waals surface area contributed by atoms with E-state index in [9.17, 15) is 21.6 Å². The van der Waals surface area contributed by atoms with Crippen LogP contribution in [-0.4, -0.2) is 24.8 Å². The number of benzene rings is 1. The summed E-state index contributed by atoms with van der Waals surface area (Å²) in [5, 5.41) is 3.79. The minimum absolute atomic E-state index is 0.0396. The van der Waals surface area contributed by atoms with E-state index in [0.29, 0.717) is 11.8 Å². The summed E-state index contributed by atoms with van der Waals surface area (Å²) >= 11 is 0. The van der Waals surface area contributed by atoms with Crippen molar-refractivity contribution in [2.45, 2.75) is 18.5 Å². The smallest absolute Gasteiger partial charge is 0.181 e. The number of aryl methyl sites for hydroxylation is 1. The minimum atomic E-state index is -4.11. The minimum Gasteiger partial charge on any atom is -0.357 e. The van der Waals surface area contributed by atoms with Gasteiger partial charge in [0.2, 0.25) is 0 Å². The molecule has 136 valence electrons. The van der Waals surface area contributed by atoms with Gasteiger partial charge in [0.05, 0.1) is 5.56 Å². The van der Waals surface area contributed by atoms with Crippen molar-refractivity contribution in [1.82, 2.24) is 10.1 Å². The van der Waals surface area contributed by atoms with Crippen LogP contribution < -0.4 is 0 Å². The highest BCUT2D eigenvalue weighted by Gasteiger charge is 2.25. The van der Waals surface area contributed by atoms with Gasteiger partial charge < -0.3 is 4.52 Å². The van der Waals surface area contributed by atoms with Crippen LogP contribution in [0, 0.1) is 18.6 Å². The molecule has 9 heteroatoms. The number of rotatable bonds is 4. The topological polar surface area (TPSA) is 73.1 Å². The average molecular weight is 382 g/mol. The molecule has 0 radical (unpaired) electrons. The maximum atomic E-state index is 14.3. The molecule has 5 nitrogen and oxygen atoms in total. The SMILES string of the molecule is Cc1cncc(-c2noc(CF)c2-c2cc(F)c(S(C)(=O)=O)c(F)c2)c1. The van der Waals surface area contributed by atoms with Crippen molar-refractivity contribution in [3.05, 3.63) is 53.6 Å². The lowest BCUT2D eigenvalue weighted by atomic mass is 9.99. The summed E-state index contributed by atoms with van der Waals surface area (Å²) in [7, 11) is -4.11. The van der Waals surface area contributed by atoms with Crippen molar-refractivity contribution in [2.75, 3.05) is 6.26 Å². The van der Waals surface area contributed by atoms with E-state index in [1.807, 2.05) is 0 Å². The molecule has 0 atom stereocenters. The number of sulfone groups is 1. The Morgan fingerprint density at radius 2 is 1.73 bits per heavy atom. The van der Waals surface area contributed by atoms with Gasteiger partial charge in [-0.05, 0) is 36.2 Å². The molecular weight excluding hydrogens is 369 g/mol. The fourth-order valence-electron chi connectivity index (χ4n) is 2.65. The van der Waals surface area contributed by atoms with Gasteiger partial charge in [0.25, 0.3) is 0 Å². The van der Waals surface area contributed by atoms with Crippen LogP contribution in [0.15, 0.2) is 40.0 Å². The molecule has 0 N–H and O–H groups in total. The first-order chi connectivity index (χ1) is 12.2. The summed E-state index contributed by atoms with van der Waals surface area (Å²) in [4.78, 5) is 2.97. The Bertz CT molecular complexity index is 1070. The number of nitrogens with zero attached hydrogens (tertiary/aromatic N) is 2. The molecule has 0 unspecified atom stereocenters. The standard InChI is InChI=1S/C17H13F3N2O3S/c1-9-3-11(8-21-7-9)16-15(14(6-18)25-22-16)10-4-12(19)17(13(20)5-10)26(2,23)24/h3-5,7-8H,6H2,1-2H3. The summed E-state index contributed by atoms with van der Waals surface area (Å²) in [5.41, 5.74) is 1.37. The first-order valence-corrected chi connectivity index (χ1v) is 9.27. The fourth-order valence-corrected chi connectivity index (χ4v) is 3.48. The van der Waals surface area contributed by atoms with E-state index < -0.39 is 33.0 Å². The second kappa shape index (κ2) is 6.56. The molecule has 2 aromatic heterocycles. The Kier molecular flexibility index (Phi) is 4.57. The quantitative estimate of drug-likeness (QED) is 0.685. The Balaban J connectivity index is 2.26. The molecule has 1 aromatic carbocycles. The largest absolute Gasteiger partial charge is 0.357 e. The van der Waals surface area contributed by atoms with Gasteiger partial charge in [0, 0.05) is 24.2 Å². The van der Waals surface area contributed by atoms with Crippen LogP contribution in [0.2, 0.25) is 0 Å². The van der Waals surface area contributed by atoms with Gasteiger partial charge in [0.1, 0.15) is 22.2 Å². The molecule has 3 rings (SSSR count). The summed E-state index contributed by atoms with van der Waals surface area (Å²) in [5.74, 6) is -2.78. The Morgan fingerprint density at radius 3 is 2.27 bits per heavy atom. The number of hydrogen-bond donors (Lipinski definition) is 0. The Morgan fingerprint density at radius 1 is 1.08 bits per heavy atom. The Hall–Kier alpha value is -2.68. The van der Waals surface area contributed by atoms with Crippen molar-refractivity contribution in [1.29, 1.82) is 0 Å². The van der Waals surface area contributed by atoms with Crippen LogP contribution in [0.1, 0.15) is 11.3 Å². The molecule has 0 aliphatic rings. The van der Waals surface area contributed by atoms with Crippen molar-refractivity contribution in [3.63, 3.8) is 0 Å². The summed E-state index contributed by atoms with van der Waals surface area (Å²) in [6.45, 7) is 0.727. The zero-order chi connectivity index (χ0) is 19.1. The van der Waals surface area contributed by atoms with Crippen LogP contribution in [0.25, 0.3) is 22.4 Å². The molecule has 0 spiro atoms. The van der Waals surface area contributed by atoms with Crippen LogP contribution in [-0.2, 0) is 16.5 Å².